The molecule has 0 saturated carbocycles. The number of thiazole rings is 1. The van der Waals surface area contributed by atoms with Crippen LogP contribution in [-0.4, -0.2) is 19.5 Å². The highest BCUT2D eigenvalue weighted by atomic mass is 32.1. The van der Waals surface area contributed by atoms with Gasteiger partial charge >= 0.3 is 0 Å². The fraction of sp³-hybridized carbons (Fsp3) is 0. The number of hydrogen-bond donors (Lipinski definition) is 0. The molecule has 26 heavy (non-hydrogen) atoms. The second-order valence-corrected chi connectivity index (χ2v) is 6.38. The Bertz CT molecular complexity index is 1260. The summed E-state index contributed by atoms with van der Waals surface area (Å²) in [6.45, 7) is 0. The molecule has 0 fully saturated rings. The van der Waals surface area contributed by atoms with Crippen LogP contribution in [0.4, 0.5) is 10.1 Å². The molecule has 9 heteroatoms. The Morgan fingerprint density at radius 2 is 2.00 bits per heavy atom. The minimum atomic E-state index is -0.511. The van der Waals surface area contributed by atoms with Gasteiger partial charge in [0.1, 0.15) is 5.82 Å². The van der Waals surface area contributed by atoms with Gasteiger partial charge in [-0.25, -0.2) is 4.39 Å². The molecule has 4 rings (SSSR count). The Labute approximate surface area is 148 Å². The fourth-order valence-electron chi connectivity index (χ4n) is 2.45. The molecule has 0 spiro atoms. The molecule has 0 bridgehead atoms. The number of halogens is 1. The minimum absolute atomic E-state index is 0.0865. The molecule has 128 valence electrons. The average molecular weight is 368 g/mol. The smallest absolute Gasteiger partial charge is 0.266 e. The third kappa shape index (κ3) is 2.74. The second kappa shape index (κ2) is 6.12. The van der Waals surface area contributed by atoms with E-state index in [9.17, 15) is 19.3 Å². The van der Waals surface area contributed by atoms with E-state index in [0.717, 1.165) is 15.9 Å². The highest BCUT2D eigenvalue weighted by molar-refractivity contribution is 7.15. The lowest BCUT2D eigenvalue weighted by Crippen LogP contribution is -2.23. The number of hydrogen-bond acceptors (Lipinski definition) is 6. The van der Waals surface area contributed by atoms with Crippen molar-refractivity contribution in [1.82, 2.24) is 14.6 Å². The van der Waals surface area contributed by atoms with Gasteiger partial charge in [0.25, 0.3) is 11.2 Å². The maximum atomic E-state index is 13.8. The summed E-state index contributed by atoms with van der Waals surface area (Å²) in [6, 6.07) is 12.0. The molecular formula is C17H9FN4O3S. The first-order valence-electron chi connectivity index (χ1n) is 7.43. The number of nitro groups is 1. The molecule has 0 N–H and O–H groups in total. The number of nitrogens with zero attached hydrogens (tertiary/aromatic N) is 4. The Morgan fingerprint density at radius 1 is 1.19 bits per heavy atom. The van der Waals surface area contributed by atoms with Crippen LogP contribution in [0.15, 0.2) is 53.3 Å². The number of non-ortho nitro benzene ring substituents is 1. The first kappa shape index (κ1) is 16.0. The second-order valence-electron chi connectivity index (χ2n) is 5.37. The Hall–Kier alpha value is -3.46. The molecule has 0 aliphatic heterocycles. The van der Waals surface area contributed by atoms with E-state index in [4.69, 9.17) is 0 Å². The van der Waals surface area contributed by atoms with Gasteiger partial charge in [0.2, 0.25) is 4.96 Å². The van der Waals surface area contributed by atoms with Crippen molar-refractivity contribution in [2.45, 2.75) is 0 Å². The molecule has 0 atom stereocenters. The molecular weight excluding hydrogens is 359 g/mol. The van der Waals surface area contributed by atoms with Crippen LogP contribution in [0.2, 0.25) is 0 Å². The largest absolute Gasteiger partial charge is 0.291 e. The van der Waals surface area contributed by atoms with E-state index in [1.807, 2.05) is 0 Å². The van der Waals surface area contributed by atoms with Gasteiger partial charge in [0, 0.05) is 23.3 Å². The molecule has 2 aromatic carbocycles. The van der Waals surface area contributed by atoms with Crippen molar-refractivity contribution >= 4 is 28.1 Å². The van der Waals surface area contributed by atoms with Crippen molar-refractivity contribution in [3.05, 3.63) is 84.9 Å². The van der Waals surface area contributed by atoms with Gasteiger partial charge in [-0.2, -0.15) is 9.50 Å². The van der Waals surface area contributed by atoms with Gasteiger partial charge in [-0.1, -0.05) is 41.7 Å². The van der Waals surface area contributed by atoms with E-state index in [2.05, 4.69) is 10.1 Å². The van der Waals surface area contributed by atoms with Gasteiger partial charge in [-0.05, 0) is 12.1 Å². The summed E-state index contributed by atoms with van der Waals surface area (Å²) >= 11 is 1.07. The third-order valence-electron chi connectivity index (χ3n) is 3.69. The van der Waals surface area contributed by atoms with Crippen molar-refractivity contribution in [2.75, 3.05) is 0 Å². The van der Waals surface area contributed by atoms with E-state index in [-0.39, 0.29) is 11.5 Å². The zero-order valence-corrected chi connectivity index (χ0v) is 13.8. The number of aromatic nitrogens is 3. The molecule has 2 aromatic heterocycles. The first-order valence-corrected chi connectivity index (χ1v) is 8.25. The van der Waals surface area contributed by atoms with Gasteiger partial charge in [-0.3, -0.25) is 14.9 Å². The molecule has 0 amide bonds. The maximum absolute atomic E-state index is 13.8. The lowest BCUT2D eigenvalue weighted by atomic mass is 10.2. The molecule has 2 heterocycles. The number of fused-ring (bicyclic) bond motifs is 1. The van der Waals surface area contributed by atoms with Crippen LogP contribution in [0.1, 0.15) is 5.56 Å². The van der Waals surface area contributed by atoms with Crippen LogP contribution < -0.4 is 10.1 Å². The van der Waals surface area contributed by atoms with Crippen molar-refractivity contribution in [1.29, 1.82) is 0 Å². The molecule has 0 radical (unpaired) electrons. The Kier molecular flexibility index (Phi) is 3.77. The average Bonchev–Trinajstić information content (AvgIpc) is 3.17. The van der Waals surface area contributed by atoms with Crippen molar-refractivity contribution in [2.24, 2.45) is 0 Å². The summed E-state index contributed by atoms with van der Waals surface area (Å²) in [4.78, 5) is 27.4. The monoisotopic (exact) mass is 368 g/mol. The van der Waals surface area contributed by atoms with Gasteiger partial charge in [-0.15, -0.1) is 5.10 Å². The summed E-state index contributed by atoms with van der Waals surface area (Å²) in [5.41, 5.74) is 0.233. The number of rotatable bonds is 3. The maximum Gasteiger partial charge on any atom is 0.291 e. The van der Waals surface area contributed by atoms with E-state index in [0.29, 0.717) is 20.6 Å². The first-order chi connectivity index (χ1) is 12.5. The highest BCUT2D eigenvalue weighted by Crippen LogP contribution is 2.21. The van der Waals surface area contributed by atoms with Crippen LogP contribution in [0, 0.1) is 15.9 Å². The number of nitro benzene ring substituents is 1. The summed E-state index contributed by atoms with van der Waals surface area (Å²) in [5.74, 6) is -0.210. The SMILES string of the molecule is O=c1/c(=C/c2ccccc2F)sc2nc(-c3cccc([N+](=O)[O-])c3)nn12. The van der Waals surface area contributed by atoms with Gasteiger partial charge < -0.3 is 0 Å². The third-order valence-corrected chi connectivity index (χ3v) is 4.65. The summed E-state index contributed by atoms with van der Waals surface area (Å²) < 4.78 is 15.2. The zero-order valence-electron chi connectivity index (χ0n) is 13.0. The van der Waals surface area contributed by atoms with Crippen LogP contribution >= 0.6 is 11.3 Å². The van der Waals surface area contributed by atoms with E-state index in [1.54, 1.807) is 24.3 Å². The van der Waals surface area contributed by atoms with Crippen LogP contribution in [0.5, 0.6) is 0 Å². The van der Waals surface area contributed by atoms with Crippen molar-refractivity contribution in [3.63, 3.8) is 0 Å². The van der Waals surface area contributed by atoms with Crippen LogP contribution in [0.3, 0.4) is 0 Å². The molecule has 7 nitrogen and oxygen atoms in total. The van der Waals surface area contributed by atoms with E-state index < -0.39 is 16.3 Å². The Morgan fingerprint density at radius 3 is 2.73 bits per heavy atom. The summed E-state index contributed by atoms with van der Waals surface area (Å²) in [7, 11) is 0. The topological polar surface area (TPSA) is 90.4 Å². The van der Waals surface area contributed by atoms with Crippen molar-refractivity contribution < 1.29 is 9.31 Å². The van der Waals surface area contributed by atoms with Crippen LogP contribution in [-0.2, 0) is 0 Å². The summed E-state index contributed by atoms with van der Waals surface area (Å²) in [5, 5.41) is 15.0. The lowest BCUT2D eigenvalue weighted by Gasteiger charge is -1.95. The normalized spacial score (nSPS) is 12.0. The van der Waals surface area contributed by atoms with E-state index >= 15 is 0 Å². The Balaban J connectivity index is 1.82. The predicted octanol–water partition coefficient (Wildman–Crippen LogP) is 2.41. The molecule has 0 saturated heterocycles. The highest BCUT2D eigenvalue weighted by Gasteiger charge is 2.14. The predicted molar refractivity (Wildman–Crippen MR) is 94.4 cm³/mol. The fourth-order valence-corrected chi connectivity index (χ4v) is 3.35. The lowest BCUT2D eigenvalue weighted by molar-refractivity contribution is -0.384. The van der Waals surface area contributed by atoms with Gasteiger partial charge in [0.15, 0.2) is 5.82 Å². The minimum Gasteiger partial charge on any atom is -0.266 e. The van der Waals surface area contributed by atoms with Gasteiger partial charge in [0.05, 0.1) is 9.46 Å². The van der Waals surface area contributed by atoms with Crippen LogP contribution in [0.25, 0.3) is 22.4 Å². The zero-order chi connectivity index (χ0) is 18.3. The molecule has 4 aromatic rings. The quantitative estimate of drug-likeness (QED) is 0.409. The number of benzene rings is 2. The van der Waals surface area contributed by atoms with Crippen molar-refractivity contribution in [3.8, 4) is 11.4 Å². The molecule has 0 aliphatic rings. The van der Waals surface area contributed by atoms with E-state index in [1.165, 1.54) is 30.3 Å². The summed E-state index contributed by atoms with van der Waals surface area (Å²) in [6.07, 6.45) is 1.45. The standard InChI is InChI=1S/C17H9FN4O3S/c18-13-7-2-1-4-10(13)9-14-16(23)21-17(26-14)19-15(20-21)11-5-3-6-12(8-11)22(24)25/h1-9H/b14-9-. The molecule has 0 aliphatic carbocycles. The molecule has 0 unspecified atom stereocenters.